The average molecular weight is 539 g/mol. The molecule has 0 saturated heterocycles. The predicted octanol–water partition coefficient (Wildman–Crippen LogP) is 9.65. The molecular weight excluding hydrogens is 512 g/mol. The van der Waals surface area contributed by atoms with Crippen molar-refractivity contribution in [3.05, 3.63) is 139 Å². The lowest BCUT2D eigenvalue weighted by molar-refractivity contribution is 0.540. The molecule has 6 aromatic carbocycles. The highest BCUT2D eigenvalue weighted by Crippen LogP contribution is 2.53. The second-order valence-electron chi connectivity index (χ2n) is 11.5. The zero-order valence-corrected chi connectivity index (χ0v) is 22.8. The number of nitrogens with zero attached hydrogens (tertiary/aromatic N) is 2. The molecule has 10 rings (SSSR count). The van der Waals surface area contributed by atoms with Crippen LogP contribution in [-0.2, 0) is 0 Å². The van der Waals surface area contributed by atoms with Gasteiger partial charge in [0.25, 0.3) is 0 Å². The topological polar surface area (TPSA) is 33.9 Å². The molecule has 2 N–H and O–H groups in total. The Morgan fingerprint density at radius 2 is 1.17 bits per heavy atom. The van der Waals surface area contributed by atoms with Crippen LogP contribution in [0.5, 0.6) is 0 Å². The summed E-state index contributed by atoms with van der Waals surface area (Å²) in [5.41, 5.74) is 12.4. The van der Waals surface area contributed by atoms with Gasteiger partial charge in [0.1, 0.15) is 6.17 Å². The molecule has 0 spiro atoms. The van der Waals surface area contributed by atoms with Crippen molar-refractivity contribution in [3.63, 3.8) is 0 Å². The zero-order chi connectivity index (χ0) is 27.4. The third kappa shape index (κ3) is 2.81. The fraction of sp³-hybridized carbons (Fsp3) is 0.0526. The van der Waals surface area contributed by atoms with Gasteiger partial charge in [-0.25, -0.2) is 0 Å². The van der Waals surface area contributed by atoms with Gasteiger partial charge in [0.05, 0.1) is 39.5 Å². The Bertz CT molecular complexity index is 2360. The number of nitrogens with one attached hydrogen (secondary N) is 2. The first-order valence-electron chi connectivity index (χ1n) is 14.6. The number of rotatable bonds is 2. The lowest BCUT2D eigenvalue weighted by Crippen LogP contribution is -2.29. The van der Waals surface area contributed by atoms with Crippen LogP contribution in [0.4, 0.5) is 11.4 Å². The smallest absolute Gasteiger partial charge is 0.129 e. The minimum Gasteiger partial charge on any atom is -0.373 e. The van der Waals surface area contributed by atoms with Gasteiger partial charge in [-0.15, -0.1) is 0 Å². The summed E-state index contributed by atoms with van der Waals surface area (Å²) in [6.07, 6.45) is 0.0702. The minimum atomic E-state index is 0.0702. The van der Waals surface area contributed by atoms with E-state index in [0.717, 1.165) is 11.4 Å². The highest BCUT2D eigenvalue weighted by molar-refractivity contribution is 6.29. The molecule has 2 aliphatic heterocycles. The molecule has 2 atom stereocenters. The minimum absolute atomic E-state index is 0.0702. The molecule has 0 bridgehead atoms. The molecule has 0 aliphatic carbocycles. The molecule has 0 radical (unpaired) electrons. The van der Waals surface area contributed by atoms with Crippen LogP contribution in [0.15, 0.2) is 133 Å². The van der Waals surface area contributed by atoms with Crippen molar-refractivity contribution in [3.8, 4) is 16.8 Å². The summed E-state index contributed by atoms with van der Waals surface area (Å²) < 4.78 is 4.97. The second-order valence-corrected chi connectivity index (χ2v) is 11.5. The van der Waals surface area contributed by atoms with Crippen LogP contribution in [0.3, 0.4) is 0 Å². The van der Waals surface area contributed by atoms with Crippen LogP contribution in [0.25, 0.3) is 60.4 Å². The van der Waals surface area contributed by atoms with Gasteiger partial charge < -0.3 is 19.8 Å². The largest absolute Gasteiger partial charge is 0.373 e. The monoisotopic (exact) mass is 538 g/mol. The molecule has 4 heteroatoms. The summed E-state index contributed by atoms with van der Waals surface area (Å²) in [6.45, 7) is 0. The van der Waals surface area contributed by atoms with E-state index in [1.54, 1.807) is 0 Å². The standard InChI is InChI=1S/C38H26N4/c1-3-11-23(12-4-1)24-21-27-35-33(42-37(27)28(22-24)36-38(42)40-30-17-9-8-16-29(30)39-36)20-19-32-34(35)26-15-7-10-18-31(26)41(32)25-13-5-2-6-14-25/h1-22,36,38-40H. The SMILES string of the molecule is c1ccc(-c2cc3c4c(c2)c2c5c6ccccc6n(-c6ccccc6)c5ccc2n4C2Nc4ccccc4NC32)cc1. The maximum atomic E-state index is 3.91. The van der Waals surface area contributed by atoms with Gasteiger partial charge in [-0.3, -0.25) is 0 Å². The van der Waals surface area contributed by atoms with E-state index >= 15 is 0 Å². The Morgan fingerprint density at radius 3 is 2.00 bits per heavy atom. The number of hydrogen-bond acceptors (Lipinski definition) is 2. The van der Waals surface area contributed by atoms with Gasteiger partial charge in [0.2, 0.25) is 0 Å². The number of hydrogen-bond donors (Lipinski definition) is 2. The van der Waals surface area contributed by atoms with Crippen molar-refractivity contribution >= 4 is 55.0 Å². The van der Waals surface area contributed by atoms with Crippen molar-refractivity contribution in [2.75, 3.05) is 10.6 Å². The van der Waals surface area contributed by atoms with Crippen LogP contribution in [-0.4, -0.2) is 9.13 Å². The molecule has 2 unspecified atom stereocenters. The summed E-state index contributed by atoms with van der Waals surface area (Å²) in [5, 5.41) is 13.0. The number of aromatic nitrogens is 2. The van der Waals surface area contributed by atoms with Gasteiger partial charge in [-0.2, -0.15) is 0 Å². The maximum absolute atomic E-state index is 3.91. The van der Waals surface area contributed by atoms with Gasteiger partial charge in [0.15, 0.2) is 0 Å². The van der Waals surface area contributed by atoms with E-state index in [1.165, 1.54) is 66.0 Å². The molecule has 8 aromatic rings. The summed E-state index contributed by atoms with van der Waals surface area (Å²) >= 11 is 0. The zero-order valence-electron chi connectivity index (χ0n) is 22.8. The van der Waals surface area contributed by atoms with E-state index in [4.69, 9.17) is 0 Å². The third-order valence-corrected chi connectivity index (χ3v) is 9.32. The molecule has 0 fully saturated rings. The normalized spacial score (nSPS) is 17.0. The molecule has 0 amide bonds. The van der Waals surface area contributed by atoms with Gasteiger partial charge >= 0.3 is 0 Å². The number of anilines is 2. The summed E-state index contributed by atoms with van der Waals surface area (Å²) in [7, 11) is 0. The fourth-order valence-corrected chi connectivity index (χ4v) is 7.62. The van der Waals surface area contributed by atoms with E-state index in [2.05, 4.69) is 153 Å². The average Bonchev–Trinajstić information content (AvgIpc) is 3.68. The third-order valence-electron chi connectivity index (χ3n) is 9.32. The van der Waals surface area contributed by atoms with Crippen LogP contribution in [0.1, 0.15) is 17.8 Å². The van der Waals surface area contributed by atoms with E-state index in [1.807, 2.05) is 0 Å². The van der Waals surface area contributed by atoms with E-state index in [0.29, 0.717) is 0 Å². The molecule has 4 nitrogen and oxygen atoms in total. The Labute approximate surface area is 242 Å². The number of benzene rings is 6. The van der Waals surface area contributed by atoms with Crippen molar-refractivity contribution in [2.24, 2.45) is 0 Å². The molecule has 4 heterocycles. The van der Waals surface area contributed by atoms with Gasteiger partial charge in [0, 0.05) is 32.8 Å². The van der Waals surface area contributed by atoms with Gasteiger partial charge in [-0.1, -0.05) is 78.9 Å². The highest BCUT2D eigenvalue weighted by atomic mass is 15.3. The van der Waals surface area contributed by atoms with E-state index in [9.17, 15) is 0 Å². The van der Waals surface area contributed by atoms with Crippen LogP contribution in [0.2, 0.25) is 0 Å². The van der Waals surface area contributed by atoms with Crippen molar-refractivity contribution in [2.45, 2.75) is 12.2 Å². The Morgan fingerprint density at radius 1 is 0.500 bits per heavy atom. The quantitative estimate of drug-likeness (QED) is 0.230. The molecule has 2 aromatic heterocycles. The Hall–Kier alpha value is -5.48. The summed E-state index contributed by atoms with van der Waals surface area (Å²) in [6, 6.07) is 48.6. The first-order valence-corrected chi connectivity index (χ1v) is 14.6. The van der Waals surface area contributed by atoms with Crippen molar-refractivity contribution < 1.29 is 0 Å². The second kappa shape index (κ2) is 8.05. The van der Waals surface area contributed by atoms with Crippen molar-refractivity contribution in [1.29, 1.82) is 0 Å². The number of para-hydroxylation sites is 4. The molecule has 198 valence electrons. The van der Waals surface area contributed by atoms with Crippen LogP contribution in [0, 0.1) is 0 Å². The van der Waals surface area contributed by atoms with Crippen LogP contribution < -0.4 is 10.6 Å². The maximum Gasteiger partial charge on any atom is 0.129 e. The highest BCUT2D eigenvalue weighted by Gasteiger charge is 2.40. The van der Waals surface area contributed by atoms with E-state index < -0.39 is 0 Å². The fourth-order valence-electron chi connectivity index (χ4n) is 7.62. The Balaban J connectivity index is 1.37. The Kier molecular flexibility index (Phi) is 4.26. The summed E-state index contributed by atoms with van der Waals surface area (Å²) in [4.78, 5) is 0. The van der Waals surface area contributed by atoms with E-state index in [-0.39, 0.29) is 12.2 Å². The lowest BCUT2D eigenvalue weighted by Gasteiger charge is -2.33. The molecular formula is C38H26N4. The lowest BCUT2D eigenvalue weighted by atomic mass is 9.94. The van der Waals surface area contributed by atoms with Crippen molar-refractivity contribution in [1.82, 2.24) is 9.13 Å². The summed E-state index contributed by atoms with van der Waals surface area (Å²) in [5.74, 6) is 0. The predicted molar refractivity (Wildman–Crippen MR) is 175 cm³/mol. The molecule has 0 saturated carbocycles. The molecule has 2 aliphatic rings. The van der Waals surface area contributed by atoms with Crippen LogP contribution >= 0.6 is 0 Å². The van der Waals surface area contributed by atoms with Gasteiger partial charge in [-0.05, 0) is 65.7 Å². The number of fused-ring (bicyclic) bond motifs is 11. The first kappa shape index (κ1) is 22.2. The molecule has 42 heavy (non-hydrogen) atoms. The first-order chi connectivity index (χ1) is 20.8.